The van der Waals surface area contributed by atoms with Crippen molar-refractivity contribution in [3.05, 3.63) is 57.8 Å². The number of amides is 2. The van der Waals surface area contributed by atoms with Crippen LogP contribution in [0.1, 0.15) is 26.3 Å². The van der Waals surface area contributed by atoms with E-state index < -0.39 is 17.7 Å². The van der Waals surface area contributed by atoms with E-state index in [-0.39, 0.29) is 5.91 Å². The van der Waals surface area contributed by atoms with Crippen LogP contribution < -0.4 is 10.2 Å². The van der Waals surface area contributed by atoms with Crippen molar-refractivity contribution in [1.82, 2.24) is 20.2 Å². The van der Waals surface area contributed by atoms with Crippen molar-refractivity contribution in [3.8, 4) is 0 Å². The van der Waals surface area contributed by atoms with Crippen LogP contribution in [0.5, 0.6) is 0 Å². The Morgan fingerprint density at radius 2 is 1.86 bits per heavy atom. The molecule has 3 heterocycles. The quantitative estimate of drug-likeness (QED) is 0.468. The van der Waals surface area contributed by atoms with Gasteiger partial charge in [-0.25, -0.2) is 9.78 Å². The van der Waals surface area contributed by atoms with Gasteiger partial charge in [0.25, 0.3) is 0 Å². The molecular formula is C25H29BrClN5O3. The number of anilines is 1. The zero-order valence-electron chi connectivity index (χ0n) is 20.0. The van der Waals surface area contributed by atoms with Crippen molar-refractivity contribution in [2.45, 2.75) is 38.8 Å². The number of nitrogens with zero attached hydrogens (tertiary/aromatic N) is 3. The Morgan fingerprint density at radius 3 is 2.51 bits per heavy atom. The van der Waals surface area contributed by atoms with E-state index >= 15 is 0 Å². The summed E-state index contributed by atoms with van der Waals surface area (Å²) in [5.41, 5.74) is 2.13. The molecule has 10 heteroatoms. The van der Waals surface area contributed by atoms with Gasteiger partial charge in [0, 0.05) is 55.4 Å². The second-order valence-electron chi connectivity index (χ2n) is 9.54. The molecule has 8 nitrogen and oxygen atoms in total. The maximum Gasteiger partial charge on any atom is 0.408 e. The van der Waals surface area contributed by atoms with Crippen molar-refractivity contribution >= 4 is 56.3 Å². The number of aromatic nitrogens is 2. The number of H-pyrrole nitrogens is 1. The molecular weight excluding hydrogens is 534 g/mol. The van der Waals surface area contributed by atoms with Crippen LogP contribution in [0.4, 0.5) is 10.5 Å². The van der Waals surface area contributed by atoms with E-state index in [2.05, 4.69) is 36.1 Å². The predicted molar refractivity (Wildman–Crippen MR) is 141 cm³/mol. The summed E-state index contributed by atoms with van der Waals surface area (Å²) in [6, 6.07) is 8.53. The summed E-state index contributed by atoms with van der Waals surface area (Å²) in [4.78, 5) is 37.7. The molecule has 1 saturated heterocycles. The molecule has 0 radical (unpaired) electrons. The van der Waals surface area contributed by atoms with E-state index in [0.29, 0.717) is 37.6 Å². The molecule has 1 aliphatic rings. The summed E-state index contributed by atoms with van der Waals surface area (Å²) < 4.78 is 6.33. The number of halogens is 2. The minimum atomic E-state index is -0.749. The average Bonchev–Trinajstić information content (AvgIpc) is 3.27. The number of pyridine rings is 1. The third kappa shape index (κ3) is 6.27. The van der Waals surface area contributed by atoms with Crippen LogP contribution in [0.3, 0.4) is 0 Å². The zero-order chi connectivity index (χ0) is 25.2. The lowest BCUT2D eigenvalue weighted by Gasteiger charge is -2.38. The highest BCUT2D eigenvalue weighted by Gasteiger charge is 2.31. The molecule has 0 spiro atoms. The van der Waals surface area contributed by atoms with Crippen LogP contribution in [0, 0.1) is 0 Å². The monoisotopic (exact) mass is 561 g/mol. The number of fused-ring (bicyclic) bond motifs is 1. The molecule has 2 aromatic heterocycles. The van der Waals surface area contributed by atoms with Crippen LogP contribution >= 0.6 is 27.5 Å². The van der Waals surface area contributed by atoms with Crippen LogP contribution in [-0.4, -0.2) is 64.7 Å². The number of hydrogen-bond donors (Lipinski definition) is 2. The molecule has 0 bridgehead atoms. The van der Waals surface area contributed by atoms with Gasteiger partial charge in [0.05, 0.1) is 10.2 Å². The van der Waals surface area contributed by atoms with E-state index in [9.17, 15) is 9.59 Å². The summed E-state index contributed by atoms with van der Waals surface area (Å²) in [6.07, 6.45) is 3.39. The maximum absolute atomic E-state index is 13.5. The Bertz CT molecular complexity index is 1200. The first-order valence-electron chi connectivity index (χ1n) is 11.5. The van der Waals surface area contributed by atoms with Crippen LogP contribution in [0.2, 0.25) is 5.02 Å². The summed E-state index contributed by atoms with van der Waals surface area (Å²) >= 11 is 9.64. The van der Waals surface area contributed by atoms with Gasteiger partial charge in [0.2, 0.25) is 5.91 Å². The number of carbonyl (C=O) groups is 2. The van der Waals surface area contributed by atoms with E-state index in [4.69, 9.17) is 16.3 Å². The van der Waals surface area contributed by atoms with Crippen molar-refractivity contribution in [3.63, 3.8) is 0 Å². The molecule has 1 aromatic carbocycles. The minimum Gasteiger partial charge on any atom is -0.444 e. The number of piperazine rings is 1. The molecule has 35 heavy (non-hydrogen) atoms. The number of nitrogens with one attached hydrogen (secondary N) is 2. The predicted octanol–water partition coefficient (Wildman–Crippen LogP) is 4.76. The summed E-state index contributed by atoms with van der Waals surface area (Å²) in [5, 5.41) is 4.44. The summed E-state index contributed by atoms with van der Waals surface area (Å²) in [6.45, 7) is 7.77. The molecule has 1 fully saturated rings. The van der Waals surface area contributed by atoms with Crippen LogP contribution in [0.25, 0.3) is 11.0 Å². The number of alkyl carbamates (subject to hydrolysis) is 1. The number of benzene rings is 1. The molecule has 2 amide bonds. The molecule has 0 aliphatic carbocycles. The molecule has 0 unspecified atom stereocenters. The fourth-order valence-electron chi connectivity index (χ4n) is 4.17. The Labute approximate surface area is 218 Å². The summed E-state index contributed by atoms with van der Waals surface area (Å²) in [5.74, 6) is -0.133. The molecule has 3 aromatic rings. The lowest BCUT2D eigenvalue weighted by molar-refractivity contribution is -0.133. The molecule has 1 aliphatic heterocycles. The number of rotatable bonds is 5. The van der Waals surface area contributed by atoms with Gasteiger partial charge in [0.15, 0.2) is 0 Å². The third-order valence-electron chi connectivity index (χ3n) is 5.76. The highest BCUT2D eigenvalue weighted by molar-refractivity contribution is 9.10. The normalized spacial score (nSPS) is 15.2. The van der Waals surface area contributed by atoms with Crippen LogP contribution in [-0.2, 0) is 16.0 Å². The lowest BCUT2D eigenvalue weighted by Crippen LogP contribution is -2.56. The highest BCUT2D eigenvalue weighted by Crippen LogP contribution is 2.33. The van der Waals surface area contributed by atoms with Gasteiger partial charge in [-0.2, -0.15) is 0 Å². The molecule has 4 rings (SSSR count). The molecule has 2 N–H and O–H groups in total. The lowest BCUT2D eigenvalue weighted by atomic mass is 10.0. The van der Waals surface area contributed by atoms with E-state index in [1.165, 1.54) is 0 Å². The van der Waals surface area contributed by atoms with Gasteiger partial charge in [-0.3, -0.25) is 4.79 Å². The smallest absolute Gasteiger partial charge is 0.408 e. The van der Waals surface area contributed by atoms with Gasteiger partial charge in [-0.05, 0) is 60.5 Å². The Kier molecular flexibility index (Phi) is 7.56. The van der Waals surface area contributed by atoms with Gasteiger partial charge in [-0.1, -0.05) is 23.7 Å². The van der Waals surface area contributed by atoms with E-state index in [1.807, 2.05) is 24.4 Å². The number of aromatic amines is 1. The molecule has 186 valence electrons. The fourth-order valence-corrected chi connectivity index (χ4v) is 4.86. The first kappa shape index (κ1) is 25.3. The van der Waals surface area contributed by atoms with Crippen molar-refractivity contribution in [2.75, 3.05) is 31.1 Å². The number of ether oxygens (including phenoxy) is 1. The third-order valence-corrected chi connectivity index (χ3v) is 6.60. The Balaban J connectivity index is 1.47. The van der Waals surface area contributed by atoms with Gasteiger partial charge in [-0.15, -0.1) is 0 Å². The molecule has 1 atom stereocenters. The first-order valence-corrected chi connectivity index (χ1v) is 12.7. The SMILES string of the molecule is CC(C)(C)OC(=O)N[C@H](Cc1ccc(Cl)cc1)C(=O)N1CCN(c2c(Br)cnc3[nH]ccc23)CC1. The topological polar surface area (TPSA) is 90.6 Å². The second kappa shape index (κ2) is 10.5. The fraction of sp³-hybridized carbons (Fsp3) is 0.400. The largest absolute Gasteiger partial charge is 0.444 e. The van der Waals surface area contributed by atoms with Gasteiger partial charge < -0.3 is 24.8 Å². The van der Waals surface area contributed by atoms with E-state index in [1.54, 1.807) is 44.0 Å². The van der Waals surface area contributed by atoms with Gasteiger partial charge >= 0.3 is 6.09 Å². The van der Waals surface area contributed by atoms with Crippen molar-refractivity contribution in [1.29, 1.82) is 0 Å². The average molecular weight is 563 g/mol. The van der Waals surface area contributed by atoms with Gasteiger partial charge in [0.1, 0.15) is 17.3 Å². The Morgan fingerprint density at radius 1 is 1.17 bits per heavy atom. The maximum atomic E-state index is 13.5. The number of hydrogen-bond acceptors (Lipinski definition) is 5. The first-order chi connectivity index (χ1) is 16.6. The van der Waals surface area contributed by atoms with Crippen LogP contribution in [0.15, 0.2) is 47.2 Å². The Hall–Kier alpha value is -2.78. The second-order valence-corrected chi connectivity index (χ2v) is 10.8. The summed E-state index contributed by atoms with van der Waals surface area (Å²) in [7, 11) is 0. The molecule has 0 saturated carbocycles. The zero-order valence-corrected chi connectivity index (χ0v) is 22.3. The minimum absolute atomic E-state index is 0.133. The standard InChI is InChI=1S/C25H29BrClN5O3/c1-25(2,3)35-24(34)30-20(14-16-4-6-17(27)7-5-16)23(33)32-12-10-31(11-13-32)21-18-8-9-28-22(18)29-15-19(21)26/h4-9,15,20H,10-14H2,1-3H3,(H,28,29)(H,30,34)/t20-/m1/s1. The van der Waals surface area contributed by atoms with Crippen molar-refractivity contribution < 1.29 is 14.3 Å². The van der Waals surface area contributed by atoms with Crippen molar-refractivity contribution in [2.24, 2.45) is 0 Å². The van der Waals surface area contributed by atoms with E-state index in [0.717, 1.165) is 26.8 Å². The number of carbonyl (C=O) groups excluding carboxylic acids is 2. The highest BCUT2D eigenvalue weighted by atomic mass is 79.9.